The van der Waals surface area contributed by atoms with Crippen molar-refractivity contribution in [3.8, 4) is 5.69 Å². The number of para-hydroxylation sites is 1. The molecule has 0 saturated carbocycles. The second-order valence-corrected chi connectivity index (χ2v) is 6.00. The van der Waals surface area contributed by atoms with Crippen molar-refractivity contribution in [2.24, 2.45) is 0 Å². The Hall–Kier alpha value is -3.06. The van der Waals surface area contributed by atoms with Crippen molar-refractivity contribution in [1.29, 1.82) is 0 Å². The van der Waals surface area contributed by atoms with Gasteiger partial charge in [0, 0.05) is 0 Å². The van der Waals surface area contributed by atoms with E-state index >= 15 is 0 Å². The molecular formula is C18H20N4O3. The normalized spacial score (nSPS) is 13.2. The summed E-state index contributed by atoms with van der Waals surface area (Å²) in [6.07, 6.45) is 3.27. The van der Waals surface area contributed by atoms with Gasteiger partial charge in [0.15, 0.2) is 0 Å². The van der Waals surface area contributed by atoms with E-state index in [4.69, 9.17) is 4.42 Å². The van der Waals surface area contributed by atoms with Crippen LogP contribution in [0.4, 0.5) is 10.5 Å². The second-order valence-electron chi connectivity index (χ2n) is 6.00. The molecule has 2 aromatic heterocycles. The first-order chi connectivity index (χ1) is 11.9. The first kappa shape index (κ1) is 16.8. The Morgan fingerprint density at radius 1 is 1.28 bits per heavy atom. The van der Waals surface area contributed by atoms with Gasteiger partial charge in [0.05, 0.1) is 30.3 Å². The lowest BCUT2D eigenvalue weighted by Crippen LogP contribution is -2.40. The lowest BCUT2D eigenvalue weighted by Gasteiger charge is -2.21. The van der Waals surface area contributed by atoms with E-state index in [1.165, 1.54) is 0 Å². The van der Waals surface area contributed by atoms with Crippen LogP contribution in [0.25, 0.3) is 5.69 Å². The van der Waals surface area contributed by atoms with Crippen LogP contribution in [0.2, 0.25) is 0 Å². The number of rotatable bonds is 5. The predicted octanol–water partition coefficient (Wildman–Crippen LogP) is 2.80. The molecule has 1 aromatic carbocycles. The zero-order valence-corrected chi connectivity index (χ0v) is 14.1. The van der Waals surface area contributed by atoms with Crippen LogP contribution in [0, 0.1) is 6.92 Å². The summed E-state index contributed by atoms with van der Waals surface area (Å²) in [4.78, 5) is 12.0. The molecule has 3 aromatic rings. The number of nitrogens with one attached hydrogen (secondary N) is 2. The molecule has 3 rings (SSSR count). The van der Waals surface area contributed by atoms with Crippen molar-refractivity contribution < 1.29 is 14.3 Å². The number of anilines is 1. The molecule has 0 saturated heterocycles. The Morgan fingerprint density at radius 2 is 2.04 bits per heavy atom. The van der Waals surface area contributed by atoms with E-state index in [2.05, 4.69) is 15.7 Å². The van der Waals surface area contributed by atoms with Gasteiger partial charge in [-0.1, -0.05) is 18.2 Å². The van der Waals surface area contributed by atoms with E-state index in [0.717, 1.165) is 5.69 Å². The molecule has 1 atom stereocenters. The highest BCUT2D eigenvalue weighted by molar-refractivity contribution is 5.89. The Bertz CT molecular complexity index is 852. The number of carbonyl (C=O) groups excluding carboxylic acids is 1. The highest BCUT2D eigenvalue weighted by Crippen LogP contribution is 2.22. The van der Waals surface area contributed by atoms with Gasteiger partial charge < -0.3 is 20.2 Å². The quantitative estimate of drug-likeness (QED) is 0.666. The van der Waals surface area contributed by atoms with Crippen LogP contribution in [-0.2, 0) is 5.60 Å². The van der Waals surface area contributed by atoms with Crippen LogP contribution < -0.4 is 10.6 Å². The summed E-state index contributed by atoms with van der Waals surface area (Å²) in [6.45, 7) is 3.39. The lowest BCUT2D eigenvalue weighted by molar-refractivity contribution is 0.0364. The number of aryl methyl sites for hydroxylation is 1. The fraction of sp³-hybridized carbons (Fsp3) is 0.222. The number of benzene rings is 1. The average Bonchev–Trinajstić information content (AvgIpc) is 3.23. The van der Waals surface area contributed by atoms with Crippen molar-refractivity contribution in [2.75, 3.05) is 11.9 Å². The molecule has 0 aliphatic heterocycles. The molecule has 0 radical (unpaired) electrons. The molecule has 7 nitrogen and oxygen atoms in total. The molecule has 3 N–H and O–H groups in total. The van der Waals surface area contributed by atoms with E-state index in [9.17, 15) is 9.90 Å². The summed E-state index contributed by atoms with van der Waals surface area (Å²) in [6, 6.07) is 12.6. The molecule has 2 heterocycles. The molecule has 2 amide bonds. The van der Waals surface area contributed by atoms with E-state index in [0.29, 0.717) is 17.2 Å². The largest absolute Gasteiger partial charge is 0.463 e. The number of nitrogens with zero attached hydrogens (tertiary/aromatic N) is 2. The first-order valence-electron chi connectivity index (χ1n) is 7.88. The fourth-order valence-electron chi connectivity index (χ4n) is 2.35. The van der Waals surface area contributed by atoms with Gasteiger partial charge in [-0.2, -0.15) is 5.10 Å². The Morgan fingerprint density at radius 3 is 2.72 bits per heavy atom. The molecule has 7 heteroatoms. The van der Waals surface area contributed by atoms with Crippen LogP contribution in [-0.4, -0.2) is 27.5 Å². The van der Waals surface area contributed by atoms with E-state index < -0.39 is 11.6 Å². The number of aliphatic hydroxyl groups is 1. The number of amides is 2. The number of carbonyl (C=O) groups is 1. The van der Waals surface area contributed by atoms with Gasteiger partial charge in [0.2, 0.25) is 0 Å². The van der Waals surface area contributed by atoms with Gasteiger partial charge in [-0.25, -0.2) is 9.48 Å². The monoisotopic (exact) mass is 340 g/mol. The summed E-state index contributed by atoms with van der Waals surface area (Å²) in [5, 5.41) is 19.9. The maximum absolute atomic E-state index is 12.0. The number of furan rings is 1. The molecule has 25 heavy (non-hydrogen) atoms. The van der Waals surface area contributed by atoms with E-state index in [1.54, 1.807) is 43.1 Å². The molecule has 130 valence electrons. The highest BCUT2D eigenvalue weighted by Gasteiger charge is 2.27. The van der Waals surface area contributed by atoms with Crippen molar-refractivity contribution in [2.45, 2.75) is 19.4 Å². The number of hydrogen-bond acceptors (Lipinski definition) is 4. The molecule has 0 bridgehead atoms. The minimum Gasteiger partial charge on any atom is -0.463 e. The first-order valence-corrected chi connectivity index (χ1v) is 7.88. The van der Waals surface area contributed by atoms with Crippen LogP contribution in [0.3, 0.4) is 0 Å². The minimum atomic E-state index is -1.29. The minimum absolute atomic E-state index is 0.0125. The zero-order valence-electron chi connectivity index (χ0n) is 14.1. The van der Waals surface area contributed by atoms with Crippen LogP contribution in [0.1, 0.15) is 18.4 Å². The van der Waals surface area contributed by atoms with Gasteiger partial charge in [-0.15, -0.1) is 0 Å². The fourth-order valence-corrected chi connectivity index (χ4v) is 2.35. The Labute approximate surface area is 145 Å². The number of urea groups is 1. The summed E-state index contributed by atoms with van der Waals surface area (Å²) in [7, 11) is 0. The summed E-state index contributed by atoms with van der Waals surface area (Å²) in [5.74, 6) is 1.11. The zero-order chi connectivity index (χ0) is 17.9. The standard InChI is InChI=1S/C18H20N4O3/c1-13-8-9-16(25-13)18(2,24)12-19-17(23)21-14-10-20-22(11-14)15-6-4-3-5-7-15/h3-11,24H,12H2,1-2H3,(H2,19,21,23). The molecular weight excluding hydrogens is 320 g/mol. The topological polar surface area (TPSA) is 92.3 Å². The molecule has 0 aliphatic carbocycles. The van der Waals surface area contributed by atoms with Gasteiger partial charge in [-0.05, 0) is 38.1 Å². The third kappa shape index (κ3) is 4.07. The SMILES string of the molecule is Cc1ccc(C(C)(O)CNC(=O)Nc2cnn(-c3ccccc3)c2)o1. The van der Waals surface area contributed by atoms with E-state index in [-0.39, 0.29) is 6.54 Å². The highest BCUT2D eigenvalue weighted by atomic mass is 16.4. The summed E-state index contributed by atoms with van der Waals surface area (Å²) >= 11 is 0. The number of aromatic nitrogens is 2. The van der Waals surface area contributed by atoms with Crippen LogP contribution >= 0.6 is 0 Å². The number of hydrogen-bond donors (Lipinski definition) is 3. The second kappa shape index (κ2) is 6.82. The van der Waals surface area contributed by atoms with Crippen molar-refractivity contribution in [3.05, 3.63) is 66.4 Å². The van der Waals surface area contributed by atoms with Crippen molar-refractivity contribution in [1.82, 2.24) is 15.1 Å². The Balaban J connectivity index is 1.57. The van der Waals surface area contributed by atoms with Gasteiger partial charge in [-0.3, -0.25) is 0 Å². The lowest BCUT2D eigenvalue weighted by atomic mass is 10.0. The molecule has 0 aliphatic rings. The molecule has 0 fully saturated rings. The summed E-state index contributed by atoms with van der Waals surface area (Å²) < 4.78 is 7.08. The third-order valence-corrected chi connectivity index (χ3v) is 3.73. The third-order valence-electron chi connectivity index (χ3n) is 3.73. The smallest absolute Gasteiger partial charge is 0.319 e. The van der Waals surface area contributed by atoms with Crippen LogP contribution in [0.5, 0.6) is 0 Å². The molecule has 1 unspecified atom stereocenters. The molecule has 0 spiro atoms. The van der Waals surface area contributed by atoms with Crippen molar-refractivity contribution >= 4 is 11.7 Å². The average molecular weight is 340 g/mol. The van der Waals surface area contributed by atoms with Gasteiger partial charge in [0.1, 0.15) is 17.1 Å². The Kier molecular flexibility index (Phi) is 4.58. The maximum Gasteiger partial charge on any atom is 0.319 e. The van der Waals surface area contributed by atoms with Gasteiger partial charge >= 0.3 is 6.03 Å². The summed E-state index contributed by atoms with van der Waals surface area (Å²) in [5.41, 5.74) is 0.154. The van der Waals surface area contributed by atoms with Crippen LogP contribution in [0.15, 0.2) is 59.3 Å². The maximum atomic E-state index is 12.0. The van der Waals surface area contributed by atoms with Gasteiger partial charge in [0.25, 0.3) is 0 Å². The van der Waals surface area contributed by atoms with E-state index in [1.807, 2.05) is 30.3 Å². The van der Waals surface area contributed by atoms with Crippen molar-refractivity contribution in [3.63, 3.8) is 0 Å². The predicted molar refractivity (Wildman–Crippen MR) is 93.6 cm³/mol.